The molecule has 0 atom stereocenters. The SMILES string of the molecule is Cc1ncn(N(C)c2ccccc2)c1C. The van der Waals surface area contributed by atoms with Crippen LogP contribution in [0.2, 0.25) is 0 Å². The Morgan fingerprint density at radius 2 is 1.80 bits per heavy atom. The van der Waals surface area contributed by atoms with E-state index in [0.717, 1.165) is 11.4 Å². The first kappa shape index (κ1) is 9.77. The van der Waals surface area contributed by atoms with Crippen LogP contribution >= 0.6 is 0 Å². The Bertz CT molecular complexity index is 445. The van der Waals surface area contributed by atoms with Crippen LogP contribution in [0, 0.1) is 13.8 Å². The lowest BCUT2D eigenvalue weighted by Gasteiger charge is -2.21. The quantitative estimate of drug-likeness (QED) is 0.744. The van der Waals surface area contributed by atoms with Crippen LogP contribution in [0.15, 0.2) is 36.7 Å². The van der Waals surface area contributed by atoms with E-state index >= 15 is 0 Å². The van der Waals surface area contributed by atoms with Gasteiger partial charge < -0.3 is 0 Å². The molecule has 78 valence electrons. The van der Waals surface area contributed by atoms with Crippen molar-refractivity contribution in [3.05, 3.63) is 48.0 Å². The summed E-state index contributed by atoms with van der Waals surface area (Å²) < 4.78 is 2.05. The van der Waals surface area contributed by atoms with Crippen molar-refractivity contribution in [2.24, 2.45) is 0 Å². The topological polar surface area (TPSA) is 21.1 Å². The van der Waals surface area contributed by atoms with Crippen LogP contribution in [-0.4, -0.2) is 16.7 Å². The van der Waals surface area contributed by atoms with E-state index in [1.165, 1.54) is 5.69 Å². The van der Waals surface area contributed by atoms with E-state index in [0.29, 0.717) is 0 Å². The Morgan fingerprint density at radius 3 is 2.33 bits per heavy atom. The van der Waals surface area contributed by atoms with Crippen molar-refractivity contribution in [1.82, 2.24) is 9.66 Å². The minimum Gasteiger partial charge on any atom is -0.283 e. The Morgan fingerprint density at radius 1 is 1.13 bits per heavy atom. The van der Waals surface area contributed by atoms with Gasteiger partial charge in [0.1, 0.15) is 6.33 Å². The van der Waals surface area contributed by atoms with Gasteiger partial charge in [0.05, 0.1) is 17.1 Å². The highest BCUT2D eigenvalue weighted by Gasteiger charge is 2.07. The normalized spacial score (nSPS) is 10.3. The Hall–Kier alpha value is -1.77. The van der Waals surface area contributed by atoms with Gasteiger partial charge in [0.15, 0.2) is 0 Å². The van der Waals surface area contributed by atoms with Crippen LogP contribution in [0.25, 0.3) is 0 Å². The standard InChI is InChI=1S/C12H15N3/c1-10-11(2)15(9-13-10)14(3)12-7-5-4-6-8-12/h4-9H,1-3H3. The second-order valence-electron chi connectivity index (χ2n) is 3.62. The summed E-state index contributed by atoms with van der Waals surface area (Å²) in [6.07, 6.45) is 1.84. The third-order valence-electron chi connectivity index (χ3n) is 2.68. The van der Waals surface area contributed by atoms with Crippen molar-refractivity contribution >= 4 is 5.69 Å². The highest BCUT2D eigenvalue weighted by Crippen LogP contribution is 2.14. The fourth-order valence-corrected chi connectivity index (χ4v) is 1.56. The van der Waals surface area contributed by atoms with E-state index in [-0.39, 0.29) is 0 Å². The van der Waals surface area contributed by atoms with Crippen molar-refractivity contribution in [2.45, 2.75) is 13.8 Å². The van der Waals surface area contributed by atoms with E-state index in [2.05, 4.69) is 29.0 Å². The number of imidazole rings is 1. The number of nitrogens with zero attached hydrogens (tertiary/aromatic N) is 3. The molecule has 0 fully saturated rings. The molecule has 0 saturated heterocycles. The summed E-state index contributed by atoms with van der Waals surface area (Å²) in [5, 5.41) is 2.08. The van der Waals surface area contributed by atoms with Gasteiger partial charge in [-0.15, -0.1) is 0 Å². The molecule has 0 unspecified atom stereocenters. The van der Waals surface area contributed by atoms with Crippen molar-refractivity contribution in [3.63, 3.8) is 0 Å². The van der Waals surface area contributed by atoms with E-state index < -0.39 is 0 Å². The smallest absolute Gasteiger partial charge is 0.115 e. The third-order valence-corrected chi connectivity index (χ3v) is 2.68. The summed E-state index contributed by atoms with van der Waals surface area (Å²) in [5.41, 5.74) is 3.39. The fraction of sp³-hybridized carbons (Fsp3) is 0.250. The zero-order valence-electron chi connectivity index (χ0n) is 9.31. The molecular weight excluding hydrogens is 186 g/mol. The summed E-state index contributed by atoms with van der Waals surface area (Å²) in [6.45, 7) is 4.09. The van der Waals surface area contributed by atoms with Gasteiger partial charge in [0.2, 0.25) is 0 Å². The first-order valence-corrected chi connectivity index (χ1v) is 5.00. The monoisotopic (exact) mass is 201 g/mol. The molecule has 0 amide bonds. The van der Waals surface area contributed by atoms with Crippen molar-refractivity contribution < 1.29 is 0 Å². The molecule has 1 aromatic carbocycles. The highest BCUT2D eigenvalue weighted by molar-refractivity contribution is 5.45. The zero-order chi connectivity index (χ0) is 10.8. The molecule has 2 aromatic rings. The molecule has 0 radical (unpaired) electrons. The first-order chi connectivity index (χ1) is 7.20. The van der Waals surface area contributed by atoms with Crippen molar-refractivity contribution in [3.8, 4) is 0 Å². The highest BCUT2D eigenvalue weighted by atomic mass is 15.5. The first-order valence-electron chi connectivity index (χ1n) is 5.00. The average Bonchev–Trinajstić information content (AvgIpc) is 2.60. The minimum atomic E-state index is 1.07. The molecule has 1 aromatic heterocycles. The predicted octanol–water partition coefficient (Wildman–Crippen LogP) is 2.40. The maximum absolute atomic E-state index is 4.28. The predicted molar refractivity (Wildman–Crippen MR) is 61.9 cm³/mol. The van der Waals surface area contributed by atoms with Crippen molar-refractivity contribution in [2.75, 3.05) is 12.1 Å². The lowest BCUT2D eigenvalue weighted by Crippen LogP contribution is -2.24. The van der Waals surface area contributed by atoms with Gasteiger partial charge in [-0.25, -0.2) is 9.66 Å². The van der Waals surface area contributed by atoms with E-state index in [4.69, 9.17) is 0 Å². The molecule has 3 heteroatoms. The van der Waals surface area contributed by atoms with Crippen LogP contribution in [0.5, 0.6) is 0 Å². The van der Waals surface area contributed by atoms with E-state index in [1.54, 1.807) is 0 Å². The maximum Gasteiger partial charge on any atom is 0.115 e. The Balaban J connectivity index is 2.37. The largest absolute Gasteiger partial charge is 0.283 e. The third kappa shape index (κ3) is 1.73. The van der Waals surface area contributed by atoms with Crippen LogP contribution in [0.4, 0.5) is 5.69 Å². The second-order valence-corrected chi connectivity index (χ2v) is 3.62. The number of anilines is 1. The summed E-state index contributed by atoms with van der Waals surface area (Å²) >= 11 is 0. The van der Waals surface area contributed by atoms with Gasteiger partial charge in [-0.05, 0) is 26.0 Å². The van der Waals surface area contributed by atoms with Gasteiger partial charge >= 0.3 is 0 Å². The van der Waals surface area contributed by atoms with Crippen LogP contribution in [0.3, 0.4) is 0 Å². The lowest BCUT2D eigenvalue weighted by atomic mass is 10.3. The number of rotatable bonds is 2. The molecular formula is C12H15N3. The molecule has 0 spiro atoms. The van der Waals surface area contributed by atoms with E-state index in [1.807, 2.05) is 43.2 Å². The summed E-state index contributed by atoms with van der Waals surface area (Å²) in [6, 6.07) is 10.2. The van der Waals surface area contributed by atoms with Gasteiger partial charge in [0.25, 0.3) is 0 Å². The number of hydrogen-bond donors (Lipinski definition) is 0. The molecule has 0 N–H and O–H groups in total. The lowest BCUT2D eigenvalue weighted by molar-refractivity contribution is 0.747. The van der Waals surface area contributed by atoms with Crippen LogP contribution in [0.1, 0.15) is 11.4 Å². The number of aromatic nitrogens is 2. The van der Waals surface area contributed by atoms with Crippen molar-refractivity contribution in [1.29, 1.82) is 0 Å². The molecule has 0 aliphatic rings. The number of aryl methyl sites for hydroxylation is 1. The van der Waals surface area contributed by atoms with Gasteiger partial charge in [-0.3, -0.25) is 5.01 Å². The van der Waals surface area contributed by atoms with Crippen LogP contribution < -0.4 is 5.01 Å². The summed E-state index contributed by atoms with van der Waals surface area (Å²) in [7, 11) is 2.03. The molecule has 0 aliphatic heterocycles. The number of para-hydroxylation sites is 1. The molecule has 0 saturated carbocycles. The summed E-state index contributed by atoms with van der Waals surface area (Å²) in [5.74, 6) is 0. The Kier molecular flexibility index (Phi) is 2.46. The molecule has 0 aliphatic carbocycles. The fourth-order valence-electron chi connectivity index (χ4n) is 1.56. The minimum absolute atomic E-state index is 1.07. The van der Waals surface area contributed by atoms with Gasteiger partial charge in [-0.2, -0.15) is 0 Å². The second kappa shape index (κ2) is 3.77. The molecule has 0 bridgehead atoms. The van der Waals surface area contributed by atoms with Gasteiger partial charge in [0, 0.05) is 7.05 Å². The molecule has 3 nitrogen and oxygen atoms in total. The molecule has 15 heavy (non-hydrogen) atoms. The zero-order valence-corrected chi connectivity index (χ0v) is 9.31. The average molecular weight is 201 g/mol. The maximum atomic E-state index is 4.28. The number of benzene rings is 1. The van der Waals surface area contributed by atoms with E-state index in [9.17, 15) is 0 Å². The van der Waals surface area contributed by atoms with Crippen LogP contribution in [-0.2, 0) is 0 Å². The molecule has 2 rings (SSSR count). The summed E-state index contributed by atoms with van der Waals surface area (Å²) in [4.78, 5) is 4.28. The molecule has 1 heterocycles. The number of hydrogen-bond acceptors (Lipinski definition) is 2. The van der Waals surface area contributed by atoms with Gasteiger partial charge in [-0.1, -0.05) is 18.2 Å². The Labute approximate surface area is 90.0 Å².